The zero-order chi connectivity index (χ0) is 17.9. The highest BCUT2D eigenvalue weighted by atomic mass is 16.7. The molecular formula is C21H41NO2. The monoisotopic (exact) mass is 339 g/mol. The average Bonchev–Trinajstić information content (AvgIpc) is 2.60. The molecule has 0 aromatic rings. The van der Waals surface area contributed by atoms with Gasteiger partial charge in [-0.05, 0) is 32.1 Å². The van der Waals surface area contributed by atoms with Crippen LogP contribution in [0.15, 0.2) is 12.2 Å². The smallest absolute Gasteiger partial charge is 0.245 e. The summed E-state index contributed by atoms with van der Waals surface area (Å²) in [6.07, 6.45) is 23.4. The van der Waals surface area contributed by atoms with Gasteiger partial charge in [0, 0.05) is 13.5 Å². The molecule has 0 aliphatic carbocycles. The quantitative estimate of drug-likeness (QED) is 0.173. The van der Waals surface area contributed by atoms with Crippen LogP contribution in [0.3, 0.4) is 0 Å². The maximum atomic E-state index is 11.5. The van der Waals surface area contributed by atoms with Crippen molar-refractivity contribution in [2.75, 3.05) is 14.2 Å². The number of hydroxylamine groups is 2. The third-order valence-electron chi connectivity index (χ3n) is 4.53. The minimum atomic E-state index is 0.0748. The third kappa shape index (κ3) is 16.0. The molecule has 0 saturated carbocycles. The lowest BCUT2D eigenvalue weighted by molar-refractivity contribution is -0.168. The van der Waals surface area contributed by atoms with E-state index in [0.29, 0.717) is 6.42 Å². The first-order chi connectivity index (χ1) is 11.7. The van der Waals surface area contributed by atoms with Crippen molar-refractivity contribution in [1.29, 1.82) is 0 Å². The molecule has 0 heterocycles. The Morgan fingerprint density at radius 2 is 1.25 bits per heavy atom. The van der Waals surface area contributed by atoms with Crippen molar-refractivity contribution in [3.8, 4) is 0 Å². The molecule has 3 nitrogen and oxygen atoms in total. The van der Waals surface area contributed by atoms with Crippen LogP contribution in [0.4, 0.5) is 0 Å². The van der Waals surface area contributed by atoms with E-state index in [1.165, 1.54) is 89.2 Å². The van der Waals surface area contributed by atoms with E-state index in [2.05, 4.69) is 19.1 Å². The van der Waals surface area contributed by atoms with Gasteiger partial charge in [-0.15, -0.1) is 0 Å². The van der Waals surface area contributed by atoms with Crippen LogP contribution < -0.4 is 0 Å². The van der Waals surface area contributed by atoms with Crippen molar-refractivity contribution in [2.24, 2.45) is 0 Å². The molecule has 1 amide bonds. The molecule has 0 fully saturated rings. The lowest BCUT2D eigenvalue weighted by atomic mass is 10.1. The Hall–Kier alpha value is -0.830. The minimum Gasteiger partial charge on any atom is -0.275 e. The predicted molar refractivity (Wildman–Crippen MR) is 104 cm³/mol. The number of carbonyl (C=O) groups is 1. The van der Waals surface area contributed by atoms with Crippen molar-refractivity contribution in [1.82, 2.24) is 5.06 Å². The molecule has 0 N–H and O–H groups in total. The van der Waals surface area contributed by atoms with Crippen LogP contribution >= 0.6 is 0 Å². The highest BCUT2D eigenvalue weighted by molar-refractivity contribution is 5.74. The van der Waals surface area contributed by atoms with Gasteiger partial charge in [0.25, 0.3) is 0 Å². The van der Waals surface area contributed by atoms with Gasteiger partial charge < -0.3 is 0 Å². The first-order valence-electron chi connectivity index (χ1n) is 10.2. The Labute approximate surface area is 150 Å². The zero-order valence-electron chi connectivity index (χ0n) is 16.5. The van der Waals surface area contributed by atoms with Crippen molar-refractivity contribution in [2.45, 2.75) is 103 Å². The molecule has 0 spiro atoms. The second-order valence-corrected chi connectivity index (χ2v) is 6.76. The summed E-state index contributed by atoms with van der Waals surface area (Å²) in [4.78, 5) is 16.4. The number of hydrogen-bond acceptors (Lipinski definition) is 2. The molecule has 0 saturated heterocycles. The molecule has 0 rings (SSSR count). The zero-order valence-corrected chi connectivity index (χ0v) is 16.5. The number of hydrogen-bond donors (Lipinski definition) is 0. The van der Waals surface area contributed by atoms with Crippen LogP contribution in [-0.2, 0) is 9.63 Å². The lowest BCUT2D eigenvalue weighted by Gasteiger charge is -2.12. The Balaban J connectivity index is 3.20. The van der Waals surface area contributed by atoms with Crippen molar-refractivity contribution in [3.63, 3.8) is 0 Å². The molecule has 24 heavy (non-hydrogen) atoms. The number of rotatable bonds is 17. The van der Waals surface area contributed by atoms with Gasteiger partial charge in [0.15, 0.2) is 0 Å². The summed E-state index contributed by atoms with van der Waals surface area (Å²) in [5.41, 5.74) is 0. The van der Waals surface area contributed by atoms with Gasteiger partial charge in [-0.3, -0.25) is 9.63 Å². The normalized spacial score (nSPS) is 11.3. The van der Waals surface area contributed by atoms with Gasteiger partial charge >= 0.3 is 0 Å². The summed E-state index contributed by atoms with van der Waals surface area (Å²) >= 11 is 0. The van der Waals surface area contributed by atoms with E-state index < -0.39 is 0 Å². The molecule has 0 aliphatic rings. The standard InChI is InChI=1S/C21H41NO2/c1-4-5-6-7-8-9-10-11-12-13-14-15-16-17-18-19-20-21(23)22(2)24-3/h12-13H,4-11,14-20H2,1-3H3/b13-12-. The van der Waals surface area contributed by atoms with E-state index in [1.807, 2.05) is 0 Å². The third-order valence-corrected chi connectivity index (χ3v) is 4.53. The predicted octanol–water partition coefficient (Wildman–Crippen LogP) is 6.43. The van der Waals surface area contributed by atoms with E-state index >= 15 is 0 Å². The number of amides is 1. The molecule has 0 aromatic heterocycles. The molecule has 0 bridgehead atoms. The average molecular weight is 340 g/mol. The molecule has 3 heteroatoms. The van der Waals surface area contributed by atoms with Crippen LogP contribution in [0, 0.1) is 0 Å². The van der Waals surface area contributed by atoms with Crippen LogP contribution in [0.5, 0.6) is 0 Å². The maximum absolute atomic E-state index is 11.5. The van der Waals surface area contributed by atoms with Gasteiger partial charge in [-0.2, -0.15) is 0 Å². The Kier molecular flexibility index (Phi) is 17.9. The van der Waals surface area contributed by atoms with Crippen molar-refractivity contribution in [3.05, 3.63) is 12.2 Å². The summed E-state index contributed by atoms with van der Waals surface area (Å²) in [6.45, 7) is 2.27. The van der Waals surface area contributed by atoms with Crippen LogP contribution in [0.2, 0.25) is 0 Å². The second kappa shape index (κ2) is 18.5. The summed E-state index contributed by atoms with van der Waals surface area (Å²) in [5.74, 6) is 0.0748. The summed E-state index contributed by atoms with van der Waals surface area (Å²) in [6, 6.07) is 0. The fraction of sp³-hybridized carbons (Fsp3) is 0.857. The van der Waals surface area contributed by atoms with Crippen molar-refractivity contribution < 1.29 is 9.63 Å². The number of allylic oxidation sites excluding steroid dienone is 2. The summed E-state index contributed by atoms with van der Waals surface area (Å²) in [5, 5.41) is 1.32. The van der Waals surface area contributed by atoms with Gasteiger partial charge in [0.05, 0.1) is 7.11 Å². The van der Waals surface area contributed by atoms with Gasteiger partial charge in [0.1, 0.15) is 0 Å². The van der Waals surface area contributed by atoms with Crippen molar-refractivity contribution >= 4 is 5.91 Å². The van der Waals surface area contributed by atoms with E-state index in [9.17, 15) is 4.79 Å². The van der Waals surface area contributed by atoms with E-state index in [0.717, 1.165) is 12.8 Å². The maximum Gasteiger partial charge on any atom is 0.245 e. The Morgan fingerprint density at radius 3 is 1.75 bits per heavy atom. The minimum absolute atomic E-state index is 0.0748. The SMILES string of the molecule is CCCCCCCCC/C=C\CCCCCCCC(=O)N(C)OC. The first kappa shape index (κ1) is 23.2. The van der Waals surface area contributed by atoms with E-state index in [-0.39, 0.29) is 5.91 Å². The highest BCUT2D eigenvalue weighted by Crippen LogP contribution is 2.10. The molecule has 0 atom stereocenters. The fourth-order valence-electron chi connectivity index (χ4n) is 2.78. The first-order valence-corrected chi connectivity index (χ1v) is 10.2. The molecule has 142 valence electrons. The second-order valence-electron chi connectivity index (χ2n) is 6.76. The van der Waals surface area contributed by atoms with Gasteiger partial charge in [-0.25, -0.2) is 5.06 Å². The number of carbonyl (C=O) groups excluding carboxylic acids is 1. The van der Waals surface area contributed by atoms with Crippen LogP contribution in [-0.4, -0.2) is 25.1 Å². The van der Waals surface area contributed by atoms with Crippen LogP contribution in [0.1, 0.15) is 103 Å². The number of nitrogens with zero attached hydrogens (tertiary/aromatic N) is 1. The topological polar surface area (TPSA) is 29.5 Å². The number of unbranched alkanes of at least 4 members (excludes halogenated alkanes) is 12. The fourth-order valence-corrected chi connectivity index (χ4v) is 2.78. The molecule has 0 radical (unpaired) electrons. The van der Waals surface area contributed by atoms with Crippen LogP contribution in [0.25, 0.3) is 0 Å². The molecular weight excluding hydrogens is 298 g/mol. The molecule has 0 aliphatic heterocycles. The van der Waals surface area contributed by atoms with E-state index in [1.54, 1.807) is 7.05 Å². The summed E-state index contributed by atoms with van der Waals surface area (Å²) in [7, 11) is 3.19. The van der Waals surface area contributed by atoms with Gasteiger partial charge in [0.2, 0.25) is 5.91 Å². The van der Waals surface area contributed by atoms with Gasteiger partial charge in [-0.1, -0.05) is 76.9 Å². The molecule has 0 aromatic carbocycles. The largest absolute Gasteiger partial charge is 0.275 e. The lowest BCUT2D eigenvalue weighted by Crippen LogP contribution is -2.24. The molecule has 0 unspecified atom stereocenters. The Bertz CT molecular complexity index is 302. The van der Waals surface area contributed by atoms with E-state index in [4.69, 9.17) is 4.84 Å². The Morgan fingerprint density at radius 1 is 0.792 bits per heavy atom. The summed E-state index contributed by atoms with van der Waals surface area (Å²) < 4.78 is 0. The highest BCUT2D eigenvalue weighted by Gasteiger charge is 2.06.